The zero-order chi connectivity index (χ0) is 14.8. The predicted octanol–water partition coefficient (Wildman–Crippen LogP) is 2.07. The Morgan fingerprint density at radius 2 is 2.09 bits per heavy atom. The molecule has 0 aliphatic heterocycles. The average molecular weight is 321 g/mol. The summed E-state index contributed by atoms with van der Waals surface area (Å²) < 4.78 is 1.77. The highest BCUT2D eigenvalue weighted by Gasteiger charge is 2.28. The van der Waals surface area contributed by atoms with Gasteiger partial charge in [-0.3, -0.25) is 4.79 Å². The molecule has 6 heteroatoms. The van der Waals surface area contributed by atoms with Gasteiger partial charge < -0.3 is 11.1 Å². The van der Waals surface area contributed by atoms with Crippen LogP contribution < -0.4 is 11.1 Å². The summed E-state index contributed by atoms with van der Waals surface area (Å²) in [6, 6.07) is 9.85. The van der Waals surface area contributed by atoms with Crippen LogP contribution >= 0.6 is 12.4 Å². The molecule has 0 spiro atoms. The Labute approximate surface area is 136 Å². The van der Waals surface area contributed by atoms with E-state index in [1.807, 2.05) is 37.3 Å². The highest BCUT2D eigenvalue weighted by Crippen LogP contribution is 2.31. The molecule has 3 N–H and O–H groups in total. The van der Waals surface area contributed by atoms with Crippen molar-refractivity contribution in [2.45, 2.75) is 25.8 Å². The number of benzene rings is 1. The third-order valence-corrected chi connectivity index (χ3v) is 3.98. The van der Waals surface area contributed by atoms with Crippen LogP contribution in [0, 0.1) is 12.8 Å². The van der Waals surface area contributed by atoms with E-state index in [1.54, 1.807) is 10.9 Å². The molecule has 1 heterocycles. The zero-order valence-electron chi connectivity index (χ0n) is 12.5. The van der Waals surface area contributed by atoms with E-state index in [0.29, 0.717) is 18.0 Å². The normalized spacial score (nSPS) is 15.0. The van der Waals surface area contributed by atoms with Crippen molar-refractivity contribution in [1.82, 2.24) is 15.1 Å². The van der Waals surface area contributed by atoms with Crippen LogP contribution in [0.25, 0.3) is 5.69 Å². The van der Waals surface area contributed by atoms with E-state index in [9.17, 15) is 4.79 Å². The second-order valence-electron chi connectivity index (χ2n) is 5.60. The number of hydrogen-bond donors (Lipinski definition) is 2. The van der Waals surface area contributed by atoms with Gasteiger partial charge in [-0.05, 0) is 37.8 Å². The first kappa shape index (κ1) is 16.5. The van der Waals surface area contributed by atoms with Crippen LogP contribution in [0.2, 0.25) is 0 Å². The van der Waals surface area contributed by atoms with Crippen LogP contribution in [0.3, 0.4) is 0 Å². The number of para-hydroxylation sites is 1. The standard InChI is InChI=1S/C16H20N4O.ClH/c1-11-14(16(21)18-10-15(17)12-7-8-12)9-19-20(11)13-5-3-2-4-6-13;/h2-6,9,12,15H,7-8,10,17H2,1H3,(H,18,21);1H. The second-order valence-corrected chi connectivity index (χ2v) is 5.60. The second kappa shape index (κ2) is 6.94. The van der Waals surface area contributed by atoms with Crippen LogP contribution in [0.5, 0.6) is 0 Å². The third-order valence-electron chi connectivity index (χ3n) is 3.98. The maximum absolute atomic E-state index is 12.2. The predicted molar refractivity (Wildman–Crippen MR) is 88.6 cm³/mol. The van der Waals surface area contributed by atoms with E-state index >= 15 is 0 Å². The number of rotatable bonds is 5. The Morgan fingerprint density at radius 1 is 1.41 bits per heavy atom. The summed E-state index contributed by atoms with van der Waals surface area (Å²) in [6.45, 7) is 2.43. The number of carbonyl (C=O) groups is 1. The van der Waals surface area contributed by atoms with E-state index in [4.69, 9.17) is 5.73 Å². The number of aromatic nitrogens is 2. The minimum atomic E-state index is -0.106. The van der Waals surface area contributed by atoms with Gasteiger partial charge in [-0.2, -0.15) is 5.10 Å². The fourth-order valence-electron chi connectivity index (χ4n) is 2.46. The summed E-state index contributed by atoms with van der Waals surface area (Å²) in [4.78, 5) is 12.2. The zero-order valence-corrected chi connectivity index (χ0v) is 13.3. The van der Waals surface area contributed by atoms with Gasteiger partial charge in [0.2, 0.25) is 0 Å². The van der Waals surface area contributed by atoms with Gasteiger partial charge in [-0.1, -0.05) is 18.2 Å². The SMILES string of the molecule is Cc1c(C(=O)NCC(N)C2CC2)cnn1-c1ccccc1.Cl. The molecule has 5 nitrogen and oxygen atoms in total. The smallest absolute Gasteiger partial charge is 0.254 e. The lowest BCUT2D eigenvalue weighted by atomic mass is 10.2. The Kier molecular flexibility index (Phi) is 5.21. The van der Waals surface area contributed by atoms with Crippen molar-refractivity contribution in [2.75, 3.05) is 6.54 Å². The van der Waals surface area contributed by atoms with Gasteiger partial charge in [0.15, 0.2) is 0 Å². The summed E-state index contributed by atoms with van der Waals surface area (Å²) in [6.07, 6.45) is 3.98. The molecule has 1 fully saturated rings. The van der Waals surface area contributed by atoms with Crippen LogP contribution in [0.15, 0.2) is 36.5 Å². The molecule has 1 aromatic heterocycles. The number of hydrogen-bond acceptors (Lipinski definition) is 3. The Balaban J connectivity index is 0.00000176. The van der Waals surface area contributed by atoms with E-state index in [0.717, 1.165) is 11.4 Å². The number of nitrogens with two attached hydrogens (primary N) is 1. The molecule has 1 atom stereocenters. The van der Waals surface area contributed by atoms with Crippen molar-refractivity contribution in [3.63, 3.8) is 0 Å². The minimum Gasteiger partial charge on any atom is -0.350 e. The van der Waals surface area contributed by atoms with E-state index in [-0.39, 0.29) is 24.4 Å². The lowest BCUT2D eigenvalue weighted by Gasteiger charge is -2.11. The molecule has 3 rings (SSSR count). The number of amides is 1. The van der Waals surface area contributed by atoms with E-state index < -0.39 is 0 Å². The maximum Gasteiger partial charge on any atom is 0.254 e. The van der Waals surface area contributed by atoms with Crippen molar-refractivity contribution < 1.29 is 4.79 Å². The van der Waals surface area contributed by atoms with Gasteiger partial charge in [-0.15, -0.1) is 12.4 Å². The number of halogens is 1. The third kappa shape index (κ3) is 3.48. The van der Waals surface area contributed by atoms with E-state index in [2.05, 4.69) is 10.4 Å². The van der Waals surface area contributed by atoms with Gasteiger partial charge in [0.05, 0.1) is 23.1 Å². The van der Waals surface area contributed by atoms with Crippen molar-refractivity contribution in [1.29, 1.82) is 0 Å². The maximum atomic E-state index is 12.2. The molecule has 0 saturated heterocycles. The molecule has 118 valence electrons. The Morgan fingerprint density at radius 3 is 2.73 bits per heavy atom. The largest absolute Gasteiger partial charge is 0.350 e. The lowest BCUT2D eigenvalue weighted by Crippen LogP contribution is -2.38. The van der Waals surface area contributed by atoms with Crippen molar-refractivity contribution >= 4 is 18.3 Å². The molecule has 22 heavy (non-hydrogen) atoms. The monoisotopic (exact) mass is 320 g/mol. The number of carbonyl (C=O) groups excluding carboxylic acids is 1. The van der Waals surface area contributed by atoms with Crippen molar-refractivity contribution in [3.05, 3.63) is 47.8 Å². The molecule has 1 aliphatic carbocycles. The molecule has 0 radical (unpaired) electrons. The molecular weight excluding hydrogens is 300 g/mol. The molecule has 2 aromatic rings. The number of nitrogens with zero attached hydrogens (tertiary/aromatic N) is 2. The summed E-state index contributed by atoms with van der Waals surface area (Å²) in [7, 11) is 0. The number of nitrogens with one attached hydrogen (secondary N) is 1. The minimum absolute atomic E-state index is 0. The average Bonchev–Trinajstić information content (AvgIpc) is 3.28. The van der Waals surface area contributed by atoms with Crippen molar-refractivity contribution in [3.8, 4) is 5.69 Å². The summed E-state index contributed by atoms with van der Waals surface area (Å²) in [5, 5.41) is 7.21. The highest BCUT2D eigenvalue weighted by molar-refractivity contribution is 5.95. The first-order chi connectivity index (χ1) is 10.2. The first-order valence-corrected chi connectivity index (χ1v) is 7.30. The molecule has 1 saturated carbocycles. The first-order valence-electron chi connectivity index (χ1n) is 7.30. The van der Waals surface area contributed by atoms with Crippen LogP contribution in [0.4, 0.5) is 0 Å². The molecule has 1 amide bonds. The van der Waals surface area contributed by atoms with Crippen LogP contribution in [-0.2, 0) is 0 Å². The molecular formula is C16H21ClN4O. The molecule has 1 aliphatic rings. The topological polar surface area (TPSA) is 72.9 Å². The van der Waals surface area contributed by atoms with Crippen LogP contribution in [0.1, 0.15) is 28.9 Å². The summed E-state index contributed by atoms with van der Waals surface area (Å²) in [5.41, 5.74) is 8.38. The van der Waals surface area contributed by atoms with Crippen LogP contribution in [-0.4, -0.2) is 28.3 Å². The van der Waals surface area contributed by atoms with Gasteiger partial charge in [0.25, 0.3) is 5.91 Å². The highest BCUT2D eigenvalue weighted by atomic mass is 35.5. The fraction of sp³-hybridized carbons (Fsp3) is 0.375. The van der Waals surface area contributed by atoms with Gasteiger partial charge in [0, 0.05) is 12.6 Å². The fourth-order valence-corrected chi connectivity index (χ4v) is 2.46. The van der Waals surface area contributed by atoms with Crippen molar-refractivity contribution in [2.24, 2.45) is 11.7 Å². The molecule has 1 unspecified atom stereocenters. The summed E-state index contributed by atoms with van der Waals surface area (Å²) in [5.74, 6) is 0.476. The summed E-state index contributed by atoms with van der Waals surface area (Å²) >= 11 is 0. The Hall–Kier alpha value is -1.85. The quantitative estimate of drug-likeness (QED) is 0.885. The lowest BCUT2D eigenvalue weighted by molar-refractivity contribution is 0.0949. The van der Waals surface area contributed by atoms with Gasteiger partial charge >= 0.3 is 0 Å². The van der Waals surface area contributed by atoms with Gasteiger partial charge in [-0.25, -0.2) is 4.68 Å². The van der Waals surface area contributed by atoms with Gasteiger partial charge in [0.1, 0.15) is 0 Å². The molecule has 0 bridgehead atoms. The molecule has 1 aromatic carbocycles. The Bertz CT molecular complexity index is 637. The van der Waals surface area contributed by atoms with E-state index in [1.165, 1.54) is 12.8 Å².